The highest BCUT2D eigenvalue weighted by Gasteiger charge is 2.14. The highest BCUT2D eigenvalue weighted by molar-refractivity contribution is 5.78. The molecule has 236 valence electrons. The van der Waals surface area contributed by atoms with Crippen molar-refractivity contribution in [3.8, 4) is 0 Å². The van der Waals surface area contributed by atoms with E-state index < -0.39 is 0 Å². The fourth-order valence-electron chi connectivity index (χ4n) is 6.13. The first-order valence-corrected chi connectivity index (χ1v) is 17.0. The Hall–Kier alpha value is -5.08. The van der Waals surface area contributed by atoms with Crippen LogP contribution in [0.1, 0.15) is 52.6 Å². The zero-order valence-electron chi connectivity index (χ0n) is 28.3. The molecule has 0 unspecified atom stereocenters. The molecule has 0 heterocycles. The van der Waals surface area contributed by atoms with Gasteiger partial charge in [0, 0.05) is 34.1 Å². The third kappa shape index (κ3) is 8.20. The van der Waals surface area contributed by atoms with Gasteiger partial charge in [-0.3, -0.25) is 0 Å². The standard InChI is InChI=1S/C45H46N2/c1-34-10-22-40(23-11-34)46(41-24-12-35(2)13-25-41)44-30-18-38(19-31-44)8-6-5-7-9-39-20-32-45(33-21-39)47(42-26-14-36(3)15-27-42)43-28-16-37(4)17-29-43/h10-33H,5-9H2,1-4H3. The maximum absolute atomic E-state index is 2.34. The molecule has 2 nitrogen and oxygen atoms in total. The molecule has 0 saturated heterocycles. The van der Waals surface area contributed by atoms with Crippen molar-refractivity contribution in [3.63, 3.8) is 0 Å². The number of nitrogens with zero attached hydrogens (tertiary/aromatic N) is 2. The summed E-state index contributed by atoms with van der Waals surface area (Å²) in [6.07, 6.45) is 5.84. The number of rotatable bonds is 12. The van der Waals surface area contributed by atoms with Gasteiger partial charge in [0.25, 0.3) is 0 Å². The van der Waals surface area contributed by atoms with Crippen LogP contribution in [0.15, 0.2) is 146 Å². The van der Waals surface area contributed by atoms with E-state index in [0.29, 0.717) is 0 Å². The third-order valence-electron chi connectivity index (χ3n) is 8.99. The molecule has 0 amide bonds. The quantitative estimate of drug-likeness (QED) is 0.127. The van der Waals surface area contributed by atoms with Gasteiger partial charge in [-0.2, -0.15) is 0 Å². The minimum absolute atomic E-state index is 1.11. The van der Waals surface area contributed by atoms with E-state index in [1.54, 1.807) is 0 Å². The molecular weight excluding hydrogens is 569 g/mol. The van der Waals surface area contributed by atoms with Crippen molar-refractivity contribution >= 4 is 34.1 Å². The zero-order chi connectivity index (χ0) is 32.6. The number of hydrogen-bond donors (Lipinski definition) is 0. The second-order valence-electron chi connectivity index (χ2n) is 12.9. The summed E-state index contributed by atoms with van der Waals surface area (Å²) < 4.78 is 0. The predicted molar refractivity (Wildman–Crippen MR) is 202 cm³/mol. The van der Waals surface area contributed by atoms with Gasteiger partial charge in [-0.05, 0) is 137 Å². The number of benzene rings is 6. The minimum atomic E-state index is 1.11. The lowest BCUT2D eigenvalue weighted by atomic mass is 10.0. The monoisotopic (exact) mass is 614 g/mol. The summed E-state index contributed by atoms with van der Waals surface area (Å²) >= 11 is 0. The van der Waals surface area contributed by atoms with Crippen molar-refractivity contribution in [2.24, 2.45) is 0 Å². The Morgan fingerprint density at radius 2 is 0.489 bits per heavy atom. The Kier molecular flexibility index (Phi) is 10.2. The van der Waals surface area contributed by atoms with Crippen molar-refractivity contribution in [2.75, 3.05) is 9.80 Å². The normalized spacial score (nSPS) is 11.0. The number of anilines is 6. The molecule has 0 spiro atoms. The van der Waals surface area contributed by atoms with Gasteiger partial charge in [0.15, 0.2) is 0 Å². The van der Waals surface area contributed by atoms with Crippen LogP contribution < -0.4 is 9.80 Å². The van der Waals surface area contributed by atoms with Crippen LogP contribution in [-0.4, -0.2) is 0 Å². The number of aryl methyl sites for hydroxylation is 6. The van der Waals surface area contributed by atoms with Crippen molar-refractivity contribution in [2.45, 2.75) is 59.8 Å². The van der Waals surface area contributed by atoms with E-state index in [1.807, 2.05) is 0 Å². The average molecular weight is 615 g/mol. The van der Waals surface area contributed by atoms with Gasteiger partial charge in [0.1, 0.15) is 0 Å². The van der Waals surface area contributed by atoms with Crippen LogP contribution in [0.5, 0.6) is 0 Å². The maximum Gasteiger partial charge on any atom is 0.0461 e. The molecule has 0 saturated carbocycles. The molecule has 0 aliphatic carbocycles. The van der Waals surface area contributed by atoms with Crippen LogP contribution in [0.2, 0.25) is 0 Å². The van der Waals surface area contributed by atoms with Gasteiger partial charge in [-0.25, -0.2) is 0 Å². The summed E-state index contributed by atoms with van der Waals surface area (Å²) in [4.78, 5) is 4.68. The van der Waals surface area contributed by atoms with E-state index in [9.17, 15) is 0 Å². The number of hydrogen-bond acceptors (Lipinski definition) is 2. The Balaban J connectivity index is 1.04. The zero-order valence-corrected chi connectivity index (χ0v) is 28.3. The van der Waals surface area contributed by atoms with Crippen LogP contribution in [0.4, 0.5) is 34.1 Å². The SMILES string of the molecule is Cc1ccc(N(c2ccc(C)cc2)c2ccc(CCCCCc3ccc(N(c4ccc(C)cc4)c4ccc(C)cc4)cc3)cc2)cc1. The van der Waals surface area contributed by atoms with Gasteiger partial charge in [0.2, 0.25) is 0 Å². The van der Waals surface area contributed by atoms with Crippen molar-refractivity contribution in [1.82, 2.24) is 0 Å². The molecule has 0 aliphatic rings. The summed E-state index contributed by atoms with van der Waals surface area (Å²) in [5, 5.41) is 0. The molecule has 0 N–H and O–H groups in total. The predicted octanol–water partition coefficient (Wildman–Crippen LogP) is 12.8. The van der Waals surface area contributed by atoms with Gasteiger partial charge in [-0.15, -0.1) is 0 Å². The second kappa shape index (κ2) is 15.0. The molecule has 6 rings (SSSR count). The topological polar surface area (TPSA) is 6.48 Å². The van der Waals surface area contributed by atoms with E-state index in [-0.39, 0.29) is 0 Å². The van der Waals surface area contributed by atoms with E-state index >= 15 is 0 Å². The van der Waals surface area contributed by atoms with Gasteiger partial charge >= 0.3 is 0 Å². The third-order valence-corrected chi connectivity index (χ3v) is 8.99. The fourth-order valence-corrected chi connectivity index (χ4v) is 6.13. The molecule has 0 bridgehead atoms. The molecular formula is C45H46N2. The smallest absolute Gasteiger partial charge is 0.0461 e. The first-order chi connectivity index (χ1) is 22.9. The lowest BCUT2D eigenvalue weighted by Gasteiger charge is -2.26. The lowest BCUT2D eigenvalue weighted by Crippen LogP contribution is -2.10. The molecule has 0 aliphatic heterocycles. The molecule has 6 aromatic rings. The molecule has 47 heavy (non-hydrogen) atoms. The summed E-state index contributed by atoms with van der Waals surface area (Å²) in [7, 11) is 0. The Morgan fingerprint density at radius 1 is 0.277 bits per heavy atom. The Bertz CT molecular complexity index is 1600. The number of unbranched alkanes of at least 4 members (excludes halogenated alkanes) is 2. The molecule has 0 atom stereocenters. The van der Waals surface area contributed by atoms with Crippen molar-refractivity contribution in [3.05, 3.63) is 179 Å². The molecule has 2 heteroatoms. The molecule has 6 aromatic carbocycles. The van der Waals surface area contributed by atoms with Crippen LogP contribution in [0.3, 0.4) is 0 Å². The molecule has 0 radical (unpaired) electrons. The van der Waals surface area contributed by atoms with E-state index in [0.717, 1.165) is 12.8 Å². The largest absolute Gasteiger partial charge is 0.311 e. The Labute approximate surface area is 282 Å². The Morgan fingerprint density at radius 3 is 0.723 bits per heavy atom. The molecule has 0 aromatic heterocycles. The van der Waals surface area contributed by atoms with E-state index in [2.05, 4.69) is 183 Å². The highest BCUT2D eigenvalue weighted by Crippen LogP contribution is 2.36. The van der Waals surface area contributed by atoms with Crippen molar-refractivity contribution in [1.29, 1.82) is 0 Å². The first kappa shape index (κ1) is 31.9. The highest BCUT2D eigenvalue weighted by atomic mass is 15.1. The summed E-state index contributed by atoms with van der Waals surface area (Å²) in [5.74, 6) is 0. The van der Waals surface area contributed by atoms with Gasteiger partial charge < -0.3 is 9.80 Å². The van der Waals surface area contributed by atoms with Crippen LogP contribution in [0.25, 0.3) is 0 Å². The van der Waals surface area contributed by atoms with E-state index in [1.165, 1.54) is 86.8 Å². The van der Waals surface area contributed by atoms with Crippen LogP contribution >= 0.6 is 0 Å². The van der Waals surface area contributed by atoms with Crippen LogP contribution in [-0.2, 0) is 12.8 Å². The van der Waals surface area contributed by atoms with Crippen LogP contribution in [0, 0.1) is 27.7 Å². The van der Waals surface area contributed by atoms with Crippen molar-refractivity contribution < 1.29 is 0 Å². The summed E-state index contributed by atoms with van der Waals surface area (Å²) in [6.45, 7) is 8.55. The minimum Gasteiger partial charge on any atom is -0.311 e. The maximum atomic E-state index is 2.34. The summed E-state index contributed by atoms with van der Waals surface area (Å²) in [6, 6.07) is 53.4. The lowest BCUT2D eigenvalue weighted by molar-refractivity contribution is 0.678. The van der Waals surface area contributed by atoms with Gasteiger partial charge in [0.05, 0.1) is 0 Å². The molecule has 0 fully saturated rings. The van der Waals surface area contributed by atoms with Gasteiger partial charge in [-0.1, -0.05) is 101 Å². The first-order valence-electron chi connectivity index (χ1n) is 17.0. The second-order valence-corrected chi connectivity index (χ2v) is 12.9. The fraction of sp³-hybridized carbons (Fsp3) is 0.200. The summed E-state index contributed by atoms with van der Waals surface area (Å²) in [5.41, 5.74) is 15.0. The average Bonchev–Trinajstić information content (AvgIpc) is 3.09. The van der Waals surface area contributed by atoms with E-state index in [4.69, 9.17) is 0 Å².